The van der Waals surface area contributed by atoms with Crippen LogP contribution >= 0.6 is 0 Å². The number of nitrogens with zero attached hydrogens (tertiary/aromatic N) is 2. The molecule has 25 heavy (non-hydrogen) atoms. The second-order valence-electron chi connectivity index (χ2n) is 6.51. The third kappa shape index (κ3) is 3.29. The normalized spacial score (nSPS) is 17.7. The van der Waals surface area contributed by atoms with Gasteiger partial charge in [0.05, 0.1) is 0 Å². The zero-order valence-corrected chi connectivity index (χ0v) is 15.0. The van der Waals surface area contributed by atoms with E-state index in [1.54, 1.807) is 4.90 Å². The van der Waals surface area contributed by atoms with Crippen molar-refractivity contribution >= 4 is 17.5 Å². The zero-order valence-electron chi connectivity index (χ0n) is 15.0. The standard InChI is InChI=1S/C21H24N2O2/c1-4-17-7-5-6-8-19(17)23-14-13-22(16(3)20(23)24)21(25)18-11-9-15(2)10-12-18/h5-12,16H,4,13-14H2,1-3H3. The zero-order chi connectivity index (χ0) is 18.0. The van der Waals surface area contributed by atoms with Crippen LogP contribution in [0.5, 0.6) is 0 Å². The fourth-order valence-electron chi connectivity index (χ4n) is 3.32. The summed E-state index contributed by atoms with van der Waals surface area (Å²) in [5, 5.41) is 0. The summed E-state index contributed by atoms with van der Waals surface area (Å²) in [7, 11) is 0. The lowest BCUT2D eigenvalue weighted by molar-refractivity contribution is -0.124. The third-order valence-corrected chi connectivity index (χ3v) is 4.88. The highest BCUT2D eigenvalue weighted by molar-refractivity contribution is 6.03. The molecular formula is C21H24N2O2. The monoisotopic (exact) mass is 336 g/mol. The minimum absolute atomic E-state index is 0.0207. The summed E-state index contributed by atoms with van der Waals surface area (Å²) in [6.45, 7) is 6.96. The first-order chi connectivity index (χ1) is 12.0. The predicted molar refractivity (Wildman–Crippen MR) is 99.9 cm³/mol. The maximum absolute atomic E-state index is 12.9. The number of anilines is 1. The first kappa shape index (κ1) is 17.2. The number of hydrogen-bond donors (Lipinski definition) is 0. The van der Waals surface area contributed by atoms with Crippen LogP contribution in [0.4, 0.5) is 5.69 Å². The summed E-state index contributed by atoms with van der Waals surface area (Å²) in [4.78, 5) is 29.2. The number of piperazine rings is 1. The smallest absolute Gasteiger partial charge is 0.254 e. The molecule has 130 valence electrons. The average molecular weight is 336 g/mol. The van der Waals surface area contributed by atoms with Crippen molar-refractivity contribution in [3.63, 3.8) is 0 Å². The van der Waals surface area contributed by atoms with Gasteiger partial charge in [-0.2, -0.15) is 0 Å². The highest BCUT2D eigenvalue weighted by Crippen LogP contribution is 2.25. The number of hydrogen-bond acceptors (Lipinski definition) is 2. The molecule has 2 aromatic carbocycles. The second kappa shape index (κ2) is 7.09. The fourth-order valence-corrected chi connectivity index (χ4v) is 3.32. The molecule has 1 saturated heterocycles. The van der Waals surface area contributed by atoms with Gasteiger partial charge in [0.2, 0.25) is 5.91 Å². The Morgan fingerprint density at radius 3 is 2.44 bits per heavy atom. The lowest BCUT2D eigenvalue weighted by Crippen LogP contribution is -2.58. The summed E-state index contributed by atoms with van der Waals surface area (Å²) in [5.41, 5.74) is 3.86. The molecule has 2 aromatic rings. The largest absolute Gasteiger partial charge is 0.325 e. The van der Waals surface area contributed by atoms with Crippen molar-refractivity contribution in [3.8, 4) is 0 Å². The number of carbonyl (C=O) groups is 2. The Kier molecular flexibility index (Phi) is 4.88. The number of benzene rings is 2. The number of para-hydroxylation sites is 1. The molecule has 3 rings (SSSR count). The molecule has 0 radical (unpaired) electrons. The summed E-state index contributed by atoms with van der Waals surface area (Å²) in [5.74, 6) is -0.100. The molecule has 1 atom stereocenters. The van der Waals surface area contributed by atoms with Crippen molar-refractivity contribution in [1.82, 2.24) is 4.90 Å². The van der Waals surface area contributed by atoms with Crippen LogP contribution in [0.2, 0.25) is 0 Å². The Morgan fingerprint density at radius 2 is 1.76 bits per heavy atom. The van der Waals surface area contributed by atoms with Gasteiger partial charge in [-0.05, 0) is 44.0 Å². The topological polar surface area (TPSA) is 40.6 Å². The Labute approximate surface area is 149 Å². The van der Waals surface area contributed by atoms with Crippen molar-refractivity contribution < 1.29 is 9.59 Å². The van der Waals surface area contributed by atoms with Gasteiger partial charge in [-0.25, -0.2) is 0 Å². The Balaban J connectivity index is 1.82. The Hall–Kier alpha value is -2.62. The minimum Gasteiger partial charge on any atom is -0.325 e. The first-order valence-electron chi connectivity index (χ1n) is 8.80. The predicted octanol–water partition coefficient (Wildman–Crippen LogP) is 3.43. The maximum Gasteiger partial charge on any atom is 0.254 e. The van der Waals surface area contributed by atoms with Crippen LogP contribution in [0.15, 0.2) is 48.5 Å². The van der Waals surface area contributed by atoms with Gasteiger partial charge >= 0.3 is 0 Å². The molecule has 0 saturated carbocycles. The van der Waals surface area contributed by atoms with Crippen LogP contribution in [-0.2, 0) is 11.2 Å². The molecule has 0 spiro atoms. The second-order valence-corrected chi connectivity index (χ2v) is 6.51. The number of amides is 2. The molecule has 4 heteroatoms. The van der Waals surface area contributed by atoms with E-state index in [0.29, 0.717) is 18.7 Å². The number of rotatable bonds is 3. The maximum atomic E-state index is 12.9. The van der Waals surface area contributed by atoms with Crippen LogP contribution in [0.3, 0.4) is 0 Å². The van der Waals surface area contributed by atoms with Crippen LogP contribution in [0, 0.1) is 6.92 Å². The molecule has 0 aromatic heterocycles. The van der Waals surface area contributed by atoms with Gasteiger partial charge in [0.25, 0.3) is 5.91 Å². The lowest BCUT2D eigenvalue weighted by atomic mass is 10.0. The lowest BCUT2D eigenvalue weighted by Gasteiger charge is -2.39. The molecule has 4 nitrogen and oxygen atoms in total. The van der Waals surface area contributed by atoms with Crippen molar-refractivity contribution in [3.05, 3.63) is 65.2 Å². The summed E-state index contributed by atoms with van der Waals surface area (Å²) in [6.07, 6.45) is 0.875. The molecule has 0 bridgehead atoms. The summed E-state index contributed by atoms with van der Waals surface area (Å²) < 4.78 is 0. The molecule has 1 aliphatic rings. The minimum atomic E-state index is -0.465. The molecule has 1 aliphatic heterocycles. The summed E-state index contributed by atoms with van der Waals surface area (Å²) >= 11 is 0. The van der Waals surface area contributed by atoms with Crippen LogP contribution in [0.1, 0.15) is 35.3 Å². The first-order valence-corrected chi connectivity index (χ1v) is 8.80. The van der Waals surface area contributed by atoms with E-state index in [1.165, 1.54) is 0 Å². The quantitative estimate of drug-likeness (QED) is 0.861. The van der Waals surface area contributed by atoms with Gasteiger partial charge in [-0.3, -0.25) is 9.59 Å². The number of carbonyl (C=O) groups excluding carboxylic acids is 2. The van der Waals surface area contributed by atoms with E-state index < -0.39 is 6.04 Å². The van der Waals surface area contributed by atoms with Gasteiger partial charge in [0.1, 0.15) is 6.04 Å². The number of aryl methyl sites for hydroxylation is 2. The molecule has 1 fully saturated rings. The molecule has 1 unspecified atom stereocenters. The molecule has 0 N–H and O–H groups in total. The van der Waals surface area contributed by atoms with Gasteiger partial charge in [0, 0.05) is 24.3 Å². The van der Waals surface area contributed by atoms with Crippen molar-refractivity contribution in [2.24, 2.45) is 0 Å². The van der Waals surface area contributed by atoms with E-state index in [0.717, 1.165) is 23.2 Å². The van der Waals surface area contributed by atoms with E-state index in [2.05, 4.69) is 13.0 Å². The third-order valence-electron chi connectivity index (χ3n) is 4.88. The highest BCUT2D eigenvalue weighted by atomic mass is 16.2. The van der Waals surface area contributed by atoms with Crippen LogP contribution < -0.4 is 4.90 Å². The van der Waals surface area contributed by atoms with Gasteiger partial charge in [0.15, 0.2) is 0 Å². The molecule has 2 amide bonds. The van der Waals surface area contributed by atoms with E-state index in [4.69, 9.17) is 0 Å². The Morgan fingerprint density at radius 1 is 1.08 bits per heavy atom. The molecular weight excluding hydrogens is 312 g/mol. The van der Waals surface area contributed by atoms with Gasteiger partial charge in [-0.15, -0.1) is 0 Å². The van der Waals surface area contributed by atoms with Crippen molar-refractivity contribution in [2.75, 3.05) is 18.0 Å². The van der Waals surface area contributed by atoms with Crippen molar-refractivity contribution in [1.29, 1.82) is 0 Å². The van der Waals surface area contributed by atoms with Crippen molar-refractivity contribution in [2.45, 2.75) is 33.2 Å². The van der Waals surface area contributed by atoms with E-state index in [-0.39, 0.29) is 11.8 Å². The van der Waals surface area contributed by atoms with E-state index in [1.807, 2.05) is 61.2 Å². The van der Waals surface area contributed by atoms with E-state index in [9.17, 15) is 9.59 Å². The molecule has 1 heterocycles. The average Bonchev–Trinajstić information content (AvgIpc) is 2.64. The van der Waals surface area contributed by atoms with E-state index >= 15 is 0 Å². The summed E-state index contributed by atoms with van der Waals surface area (Å²) in [6, 6.07) is 15.0. The van der Waals surface area contributed by atoms with Crippen LogP contribution in [-0.4, -0.2) is 35.8 Å². The SMILES string of the molecule is CCc1ccccc1N1CCN(C(=O)c2ccc(C)cc2)C(C)C1=O. The van der Waals surface area contributed by atoms with Gasteiger partial charge < -0.3 is 9.80 Å². The van der Waals surface area contributed by atoms with Crippen LogP contribution in [0.25, 0.3) is 0 Å². The highest BCUT2D eigenvalue weighted by Gasteiger charge is 2.35. The molecule has 0 aliphatic carbocycles. The fraction of sp³-hybridized carbons (Fsp3) is 0.333. The Bertz CT molecular complexity index is 783. The van der Waals surface area contributed by atoms with Gasteiger partial charge in [-0.1, -0.05) is 42.8 Å².